The smallest absolute Gasteiger partial charge is 0.0183 e. The van der Waals surface area contributed by atoms with Crippen LogP contribution in [0.25, 0.3) is 0 Å². The lowest BCUT2D eigenvalue weighted by molar-refractivity contribution is 0.183. The van der Waals surface area contributed by atoms with E-state index in [9.17, 15) is 0 Å². The zero-order valence-corrected chi connectivity index (χ0v) is 14.0. The summed E-state index contributed by atoms with van der Waals surface area (Å²) in [6.45, 7) is 7.84. The third-order valence-corrected chi connectivity index (χ3v) is 5.66. The maximum atomic E-state index is 3.73. The average molecular weight is 299 g/mol. The van der Waals surface area contributed by atoms with Crippen molar-refractivity contribution in [1.82, 2.24) is 5.32 Å². The summed E-state index contributed by atoms with van der Waals surface area (Å²) in [7, 11) is 0. The van der Waals surface area contributed by atoms with Gasteiger partial charge in [-0.15, -0.1) is 11.3 Å². The molecule has 0 saturated heterocycles. The molecule has 1 nitrogen and oxygen atoms in total. The molecule has 0 bridgehead atoms. The summed E-state index contributed by atoms with van der Waals surface area (Å²) < 4.78 is 0. The van der Waals surface area contributed by atoms with Gasteiger partial charge in [-0.05, 0) is 56.5 Å². The van der Waals surface area contributed by atoms with Crippen molar-refractivity contribution >= 4 is 11.3 Å². The number of thiophene rings is 1. The number of nitrogens with one attached hydrogen (secondary N) is 1. The lowest BCUT2D eigenvalue weighted by Gasteiger charge is -2.49. The third kappa shape index (κ3) is 3.22. The van der Waals surface area contributed by atoms with Crippen LogP contribution in [-0.2, 0) is 5.41 Å². The second-order valence-corrected chi connectivity index (χ2v) is 8.32. The molecule has 0 aliphatic heterocycles. The van der Waals surface area contributed by atoms with Crippen LogP contribution in [-0.4, -0.2) is 12.1 Å². The summed E-state index contributed by atoms with van der Waals surface area (Å²) in [4.78, 5) is 1.55. The molecule has 0 atom stereocenters. The highest BCUT2D eigenvalue weighted by atomic mass is 32.1. The van der Waals surface area contributed by atoms with Gasteiger partial charge < -0.3 is 5.32 Å². The molecule has 1 saturated carbocycles. The molecule has 3 rings (SSSR count). The molecule has 1 N–H and O–H groups in total. The van der Waals surface area contributed by atoms with Crippen LogP contribution in [0.3, 0.4) is 0 Å². The van der Waals surface area contributed by atoms with E-state index >= 15 is 0 Å². The van der Waals surface area contributed by atoms with Crippen molar-refractivity contribution in [2.24, 2.45) is 0 Å². The zero-order valence-electron chi connectivity index (χ0n) is 13.2. The fourth-order valence-corrected chi connectivity index (χ4v) is 4.24. The van der Waals surface area contributed by atoms with Gasteiger partial charge in [0.1, 0.15) is 0 Å². The second kappa shape index (κ2) is 5.58. The normalized spacial score (nSPS) is 25.6. The van der Waals surface area contributed by atoms with E-state index in [2.05, 4.69) is 73.9 Å². The molecule has 2 heteroatoms. The second-order valence-electron chi connectivity index (χ2n) is 7.38. The molecule has 1 aliphatic carbocycles. The van der Waals surface area contributed by atoms with Crippen molar-refractivity contribution in [3.63, 3.8) is 0 Å². The number of hydrogen-bond acceptors (Lipinski definition) is 2. The first-order valence-corrected chi connectivity index (χ1v) is 8.70. The van der Waals surface area contributed by atoms with E-state index in [4.69, 9.17) is 0 Å². The van der Waals surface area contributed by atoms with Gasteiger partial charge in [-0.2, -0.15) is 0 Å². The van der Waals surface area contributed by atoms with E-state index in [-0.39, 0.29) is 5.54 Å². The molecule has 1 aromatic carbocycles. The predicted octanol–water partition coefficient (Wildman–Crippen LogP) is 4.95. The topological polar surface area (TPSA) is 12.0 Å². The number of hydrogen-bond donors (Lipinski definition) is 1. The standard InChI is InChI=1S/C19H25NS/c1-18(2,3)20-14-19(17-10-7-11-21-17)12-16(13-19)15-8-5-4-6-9-15/h4-11,16,20H,12-14H2,1-3H3. The van der Waals surface area contributed by atoms with Gasteiger partial charge in [-0.3, -0.25) is 0 Å². The van der Waals surface area contributed by atoms with Crippen LogP contribution < -0.4 is 5.32 Å². The highest BCUT2D eigenvalue weighted by Crippen LogP contribution is 2.53. The van der Waals surface area contributed by atoms with Crippen molar-refractivity contribution in [3.05, 3.63) is 58.3 Å². The third-order valence-electron chi connectivity index (χ3n) is 4.55. The molecule has 21 heavy (non-hydrogen) atoms. The van der Waals surface area contributed by atoms with Crippen molar-refractivity contribution in [2.45, 2.75) is 50.5 Å². The molecule has 1 aromatic heterocycles. The fourth-order valence-electron chi connectivity index (χ4n) is 3.29. The minimum atomic E-state index is 0.183. The van der Waals surface area contributed by atoms with Crippen LogP contribution in [0, 0.1) is 0 Å². The number of rotatable bonds is 4. The van der Waals surface area contributed by atoms with Crippen LogP contribution in [0.5, 0.6) is 0 Å². The molecule has 0 unspecified atom stereocenters. The predicted molar refractivity (Wildman–Crippen MR) is 92.2 cm³/mol. The molecule has 0 amide bonds. The van der Waals surface area contributed by atoms with Crippen LogP contribution in [0.2, 0.25) is 0 Å². The van der Waals surface area contributed by atoms with Gasteiger partial charge >= 0.3 is 0 Å². The molecule has 1 heterocycles. The van der Waals surface area contributed by atoms with Gasteiger partial charge in [0.05, 0.1) is 0 Å². The Labute approximate surface area is 132 Å². The summed E-state index contributed by atoms with van der Waals surface area (Å²) in [6, 6.07) is 15.5. The summed E-state index contributed by atoms with van der Waals surface area (Å²) in [5.74, 6) is 0.718. The monoisotopic (exact) mass is 299 g/mol. The molecule has 112 valence electrons. The Hall–Kier alpha value is -1.12. The van der Waals surface area contributed by atoms with Crippen molar-refractivity contribution in [3.8, 4) is 0 Å². The minimum Gasteiger partial charge on any atom is -0.311 e. The first-order chi connectivity index (χ1) is 9.99. The van der Waals surface area contributed by atoms with Crippen LogP contribution >= 0.6 is 11.3 Å². The molecular formula is C19H25NS. The zero-order chi connectivity index (χ0) is 14.9. The largest absolute Gasteiger partial charge is 0.311 e. The molecule has 1 aliphatic rings. The highest BCUT2D eigenvalue weighted by Gasteiger charge is 2.46. The van der Waals surface area contributed by atoms with Crippen molar-refractivity contribution in [1.29, 1.82) is 0 Å². The van der Waals surface area contributed by atoms with Crippen LogP contribution in [0.1, 0.15) is 50.0 Å². The molecule has 1 fully saturated rings. The lowest BCUT2D eigenvalue weighted by Crippen LogP contribution is -2.51. The van der Waals surface area contributed by atoms with Crippen LogP contribution in [0.15, 0.2) is 47.8 Å². The average Bonchev–Trinajstić information content (AvgIpc) is 2.92. The minimum absolute atomic E-state index is 0.183. The van der Waals surface area contributed by atoms with Gasteiger partial charge in [0.25, 0.3) is 0 Å². The Morgan fingerprint density at radius 1 is 1.10 bits per heavy atom. The Kier molecular flexibility index (Phi) is 3.94. The molecule has 0 radical (unpaired) electrons. The van der Waals surface area contributed by atoms with Gasteiger partial charge in [-0.1, -0.05) is 36.4 Å². The van der Waals surface area contributed by atoms with E-state index in [1.807, 2.05) is 11.3 Å². The van der Waals surface area contributed by atoms with E-state index in [0.717, 1.165) is 12.5 Å². The van der Waals surface area contributed by atoms with Crippen LogP contribution in [0.4, 0.5) is 0 Å². The summed E-state index contributed by atoms with van der Waals surface area (Å²) in [6.07, 6.45) is 2.53. The van der Waals surface area contributed by atoms with E-state index in [1.165, 1.54) is 18.4 Å². The fraction of sp³-hybridized carbons (Fsp3) is 0.474. The van der Waals surface area contributed by atoms with Gasteiger partial charge in [0.2, 0.25) is 0 Å². The van der Waals surface area contributed by atoms with Gasteiger partial charge in [0.15, 0.2) is 0 Å². The maximum absolute atomic E-state index is 3.73. The Bertz CT molecular complexity index is 559. The highest BCUT2D eigenvalue weighted by molar-refractivity contribution is 7.10. The Balaban J connectivity index is 1.75. The van der Waals surface area contributed by atoms with Gasteiger partial charge in [-0.25, -0.2) is 0 Å². The lowest BCUT2D eigenvalue weighted by atomic mass is 9.59. The maximum Gasteiger partial charge on any atom is 0.0183 e. The van der Waals surface area contributed by atoms with Crippen molar-refractivity contribution < 1.29 is 0 Å². The quantitative estimate of drug-likeness (QED) is 0.842. The summed E-state index contributed by atoms with van der Waals surface area (Å²) >= 11 is 1.91. The summed E-state index contributed by atoms with van der Waals surface area (Å²) in [5, 5.41) is 5.94. The first-order valence-electron chi connectivity index (χ1n) is 7.83. The van der Waals surface area contributed by atoms with Crippen molar-refractivity contribution in [2.75, 3.05) is 6.54 Å². The first kappa shape index (κ1) is 14.8. The summed E-state index contributed by atoms with van der Waals surface area (Å²) in [5.41, 5.74) is 2.02. The number of benzene rings is 1. The van der Waals surface area contributed by atoms with E-state index < -0.39 is 0 Å². The van der Waals surface area contributed by atoms with E-state index in [0.29, 0.717) is 5.41 Å². The molecule has 0 spiro atoms. The molecule has 2 aromatic rings. The van der Waals surface area contributed by atoms with Gasteiger partial charge in [0, 0.05) is 22.4 Å². The Morgan fingerprint density at radius 3 is 2.38 bits per heavy atom. The van der Waals surface area contributed by atoms with E-state index in [1.54, 1.807) is 4.88 Å². The SMILES string of the molecule is CC(C)(C)NCC1(c2cccs2)CC(c2ccccc2)C1. The molecular weight excluding hydrogens is 274 g/mol. The Morgan fingerprint density at radius 2 is 1.81 bits per heavy atom.